The second-order valence-electron chi connectivity index (χ2n) is 4.33. The first-order chi connectivity index (χ1) is 5.90. The van der Waals surface area contributed by atoms with Crippen LogP contribution in [0.1, 0.15) is 38.5 Å². The summed E-state index contributed by atoms with van der Waals surface area (Å²) in [5.41, 5.74) is 5.56. The fourth-order valence-corrected chi connectivity index (χ4v) is 2.85. The zero-order valence-corrected chi connectivity index (χ0v) is 7.76. The van der Waals surface area contributed by atoms with Crippen LogP contribution in [0.2, 0.25) is 0 Å². The van der Waals surface area contributed by atoms with E-state index in [0.29, 0.717) is 0 Å². The molecule has 0 bridgehead atoms. The van der Waals surface area contributed by atoms with E-state index < -0.39 is 0 Å². The zero-order valence-electron chi connectivity index (χ0n) is 7.76. The van der Waals surface area contributed by atoms with Crippen LogP contribution in [-0.4, -0.2) is 18.6 Å². The summed E-state index contributed by atoms with van der Waals surface area (Å²) in [4.78, 5) is 0. The Kier molecular flexibility index (Phi) is 2.66. The molecule has 2 heteroatoms. The molecule has 70 valence electrons. The molecular formula is C10H20N2. The van der Waals surface area contributed by atoms with E-state index in [1.165, 1.54) is 38.5 Å². The van der Waals surface area contributed by atoms with Gasteiger partial charge in [-0.15, -0.1) is 0 Å². The molecule has 1 saturated carbocycles. The summed E-state index contributed by atoms with van der Waals surface area (Å²) in [7, 11) is 0. The summed E-state index contributed by atoms with van der Waals surface area (Å²) < 4.78 is 0. The van der Waals surface area contributed by atoms with Crippen molar-refractivity contribution in [3.8, 4) is 0 Å². The lowest BCUT2D eigenvalue weighted by Gasteiger charge is -2.24. The molecule has 0 aromatic carbocycles. The Hall–Kier alpha value is -0.0800. The smallest absolute Gasteiger partial charge is 0.00985 e. The molecular weight excluding hydrogens is 148 g/mol. The van der Waals surface area contributed by atoms with Crippen molar-refractivity contribution in [3.63, 3.8) is 0 Å². The van der Waals surface area contributed by atoms with Gasteiger partial charge in [0.25, 0.3) is 0 Å². The first-order valence-electron chi connectivity index (χ1n) is 5.36. The lowest BCUT2D eigenvalue weighted by molar-refractivity contribution is 0.325. The van der Waals surface area contributed by atoms with Gasteiger partial charge >= 0.3 is 0 Å². The Bertz CT molecular complexity index is 133. The van der Waals surface area contributed by atoms with Gasteiger partial charge in [0.1, 0.15) is 0 Å². The summed E-state index contributed by atoms with van der Waals surface area (Å²) in [6.45, 7) is 0.844. The Morgan fingerprint density at radius 1 is 1.25 bits per heavy atom. The van der Waals surface area contributed by atoms with Crippen molar-refractivity contribution in [1.82, 2.24) is 5.32 Å². The van der Waals surface area contributed by atoms with Gasteiger partial charge in [-0.1, -0.05) is 12.8 Å². The summed E-state index contributed by atoms with van der Waals surface area (Å²) in [6, 6.07) is 1.58. The molecule has 1 heterocycles. The molecule has 0 amide bonds. The van der Waals surface area contributed by atoms with Crippen LogP contribution >= 0.6 is 0 Å². The molecule has 3 N–H and O–H groups in total. The Morgan fingerprint density at radius 3 is 2.83 bits per heavy atom. The standard InChI is InChI=1S/C10H20N2/c11-6-5-9-7-8-3-1-2-4-10(8)12-9/h8-10,12H,1-7,11H2/t8-,9-,10+/m1/s1. The number of nitrogens with one attached hydrogen (secondary N) is 1. The van der Waals surface area contributed by atoms with Gasteiger partial charge in [-0.2, -0.15) is 0 Å². The number of hydrogen-bond donors (Lipinski definition) is 2. The SMILES string of the molecule is NCC[C@@H]1C[C@H]2CCCC[C@@H]2N1. The van der Waals surface area contributed by atoms with Gasteiger partial charge in [-0.05, 0) is 38.1 Å². The normalized spacial score (nSPS) is 41.2. The first-order valence-corrected chi connectivity index (χ1v) is 5.36. The molecule has 0 aromatic rings. The maximum absolute atomic E-state index is 5.56. The summed E-state index contributed by atoms with van der Waals surface area (Å²) in [5, 5.41) is 3.71. The van der Waals surface area contributed by atoms with Crippen LogP contribution in [0, 0.1) is 5.92 Å². The van der Waals surface area contributed by atoms with Crippen molar-refractivity contribution in [2.24, 2.45) is 11.7 Å². The van der Waals surface area contributed by atoms with Gasteiger partial charge in [0, 0.05) is 12.1 Å². The second-order valence-corrected chi connectivity index (χ2v) is 4.33. The number of hydrogen-bond acceptors (Lipinski definition) is 2. The van der Waals surface area contributed by atoms with Gasteiger partial charge in [0.05, 0.1) is 0 Å². The van der Waals surface area contributed by atoms with Crippen molar-refractivity contribution in [1.29, 1.82) is 0 Å². The lowest BCUT2D eigenvalue weighted by atomic mass is 9.85. The summed E-state index contributed by atoms with van der Waals surface area (Å²) in [6.07, 6.45) is 8.32. The van der Waals surface area contributed by atoms with Crippen molar-refractivity contribution in [2.75, 3.05) is 6.54 Å². The van der Waals surface area contributed by atoms with Crippen LogP contribution in [0.5, 0.6) is 0 Å². The van der Waals surface area contributed by atoms with E-state index in [1.807, 2.05) is 0 Å². The molecule has 2 fully saturated rings. The maximum atomic E-state index is 5.56. The molecule has 1 saturated heterocycles. The molecule has 0 unspecified atom stereocenters. The topological polar surface area (TPSA) is 38.0 Å². The molecule has 1 aliphatic heterocycles. The molecule has 12 heavy (non-hydrogen) atoms. The predicted molar refractivity (Wildman–Crippen MR) is 51.0 cm³/mol. The molecule has 1 aliphatic carbocycles. The number of fused-ring (bicyclic) bond motifs is 1. The van der Waals surface area contributed by atoms with Crippen LogP contribution in [-0.2, 0) is 0 Å². The highest BCUT2D eigenvalue weighted by atomic mass is 15.0. The van der Waals surface area contributed by atoms with Crippen molar-refractivity contribution in [2.45, 2.75) is 50.6 Å². The third-order valence-electron chi connectivity index (χ3n) is 3.46. The largest absolute Gasteiger partial charge is 0.330 e. The van der Waals surface area contributed by atoms with Crippen molar-refractivity contribution >= 4 is 0 Å². The Balaban J connectivity index is 1.85. The molecule has 0 spiro atoms. The maximum Gasteiger partial charge on any atom is 0.00985 e. The third-order valence-corrected chi connectivity index (χ3v) is 3.46. The van der Waals surface area contributed by atoms with Crippen LogP contribution < -0.4 is 11.1 Å². The van der Waals surface area contributed by atoms with Gasteiger partial charge in [0.15, 0.2) is 0 Å². The molecule has 0 radical (unpaired) electrons. The van der Waals surface area contributed by atoms with E-state index in [4.69, 9.17) is 5.73 Å². The van der Waals surface area contributed by atoms with Gasteiger partial charge < -0.3 is 11.1 Å². The van der Waals surface area contributed by atoms with E-state index in [9.17, 15) is 0 Å². The first kappa shape index (κ1) is 8.52. The van der Waals surface area contributed by atoms with Crippen molar-refractivity contribution in [3.05, 3.63) is 0 Å². The van der Waals surface area contributed by atoms with E-state index in [0.717, 1.165) is 24.5 Å². The van der Waals surface area contributed by atoms with Crippen LogP contribution in [0.15, 0.2) is 0 Å². The molecule has 2 nitrogen and oxygen atoms in total. The van der Waals surface area contributed by atoms with E-state index >= 15 is 0 Å². The fraction of sp³-hybridized carbons (Fsp3) is 1.00. The van der Waals surface area contributed by atoms with Crippen LogP contribution in [0.4, 0.5) is 0 Å². The Morgan fingerprint density at radius 2 is 2.08 bits per heavy atom. The molecule has 0 aromatic heterocycles. The van der Waals surface area contributed by atoms with Crippen LogP contribution in [0.25, 0.3) is 0 Å². The molecule has 2 rings (SSSR count). The summed E-state index contributed by atoms with van der Waals surface area (Å²) >= 11 is 0. The van der Waals surface area contributed by atoms with E-state index in [2.05, 4.69) is 5.32 Å². The van der Waals surface area contributed by atoms with Gasteiger partial charge in [-0.3, -0.25) is 0 Å². The quantitative estimate of drug-likeness (QED) is 0.651. The van der Waals surface area contributed by atoms with E-state index in [1.54, 1.807) is 0 Å². The molecule has 3 atom stereocenters. The van der Waals surface area contributed by atoms with Crippen LogP contribution in [0.3, 0.4) is 0 Å². The van der Waals surface area contributed by atoms with E-state index in [-0.39, 0.29) is 0 Å². The zero-order chi connectivity index (χ0) is 8.39. The minimum Gasteiger partial charge on any atom is -0.330 e. The van der Waals surface area contributed by atoms with Gasteiger partial charge in [0.2, 0.25) is 0 Å². The highest BCUT2D eigenvalue weighted by Crippen LogP contribution is 2.33. The van der Waals surface area contributed by atoms with Gasteiger partial charge in [-0.25, -0.2) is 0 Å². The van der Waals surface area contributed by atoms with Crippen molar-refractivity contribution < 1.29 is 0 Å². The minimum atomic E-state index is 0.739. The second kappa shape index (κ2) is 3.75. The Labute approximate surface area is 74.9 Å². The average molecular weight is 168 g/mol. The predicted octanol–water partition coefficient (Wildman–Crippen LogP) is 1.26. The lowest BCUT2D eigenvalue weighted by Crippen LogP contribution is -2.33. The summed E-state index contributed by atoms with van der Waals surface area (Å²) in [5.74, 6) is 0.982. The minimum absolute atomic E-state index is 0.739. The fourth-order valence-electron chi connectivity index (χ4n) is 2.85. The third kappa shape index (κ3) is 1.64. The highest BCUT2D eigenvalue weighted by molar-refractivity contribution is 4.92. The highest BCUT2D eigenvalue weighted by Gasteiger charge is 2.34. The molecule has 2 aliphatic rings. The number of nitrogens with two attached hydrogens (primary N) is 1. The monoisotopic (exact) mass is 168 g/mol. The number of rotatable bonds is 2. The average Bonchev–Trinajstić information content (AvgIpc) is 2.47.